The Labute approximate surface area is 163 Å². The average molecular weight is 412 g/mol. The summed E-state index contributed by atoms with van der Waals surface area (Å²) in [7, 11) is -3.46. The van der Waals surface area contributed by atoms with Gasteiger partial charge in [-0.3, -0.25) is 9.52 Å². The van der Waals surface area contributed by atoms with E-state index in [1.807, 2.05) is 0 Å². The number of rotatable bonds is 9. The summed E-state index contributed by atoms with van der Waals surface area (Å²) >= 11 is 0. The number of carbonyl (C=O) groups excluding carboxylic acids is 1. The van der Waals surface area contributed by atoms with Crippen LogP contribution in [-0.2, 0) is 10.0 Å². The molecule has 2 aromatic rings. The summed E-state index contributed by atoms with van der Waals surface area (Å²) in [4.78, 5) is 12.5. The number of amides is 1. The number of benzene rings is 2. The van der Waals surface area contributed by atoms with Gasteiger partial charge in [-0.1, -0.05) is 25.1 Å². The van der Waals surface area contributed by atoms with Crippen LogP contribution >= 0.6 is 0 Å². The van der Waals surface area contributed by atoms with Crippen molar-refractivity contribution in [3.63, 3.8) is 0 Å². The van der Waals surface area contributed by atoms with E-state index in [1.54, 1.807) is 44.2 Å². The summed E-state index contributed by atoms with van der Waals surface area (Å²) in [6, 6.07) is 11.7. The molecule has 0 bridgehead atoms. The van der Waals surface area contributed by atoms with E-state index in [0.717, 1.165) is 0 Å². The maximum Gasteiger partial charge on any atom is 0.387 e. The lowest BCUT2D eigenvalue weighted by Crippen LogP contribution is -2.26. The number of alkyl halides is 2. The van der Waals surface area contributed by atoms with Crippen molar-refractivity contribution in [2.75, 3.05) is 10.5 Å². The third-order valence-corrected chi connectivity index (χ3v) is 5.29. The van der Waals surface area contributed by atoms with Crippen LogP contribution in [0.3, 0.4) is 0 Å². The van der Waals surface area contributed by atoms with Crippen LogP contribution in [0.4, 0.5) is 14.5 Å². The second-order valence-electron chi connectivity index (χ2n) is 6.15. The summed E-state index contributed by atoms with van der Waals surface area (Å²) in [6.07, 6.45) is 0.474. The van der Waals surface area contributed by atoms with Gasteiger partial charge in [0.1, 0.15) is 5.75 Å². The standard InChI is InChI=1S/C19H22F2N2O4S/c1-3-10-28(25,26)23-16-8-4-7-15(11-16)18(24)22-13(2)14-6-5-9-17(12-14)27-19(20)21/h4-9,11-13,19,23H,3,10H2,1-2H3,(H,22,24). The summed E-state index contributed by atoms with van der Waals surface area (Å²) in [5.74, 6) is -0.442. The number of halogens is 2. The smallest absolute Gasteiger partial charge is 0.387 e. The molecular weight excluding hydrogens is 390 g/mol. The SMILES string of the molecule is CCCS(=O)(=O)Nc1cccc(C(=O)NC(C)c2cccc(OC(F)F)c2)c1. The van der Waals surface area contributed by atoms with Gasteiger partial charge in [-0.05, 0) is 49.2 Å². The van der Waals surface area contributed by atoms with E-state index in [0.29, 0.717) is 17.7 Å². The molecule has 0 radical (unpaired) electrons. The van der Waals surface area contributed by atoms with Crippen LogP contribution in [0.1, 0.15) is 42.2 Å². The third kappa shape index (κ3) is 6.49. The van der Waals surface area contributed by atoms with Crippen molar-refractivity contribution < 1.29 is 26.7 Å². The lowest BCUT2D eigenvalue weighted by molar-refractivity contribution is -0.0499. The molecule has 0 aliphatic rings. The Morgan fingerprint density at radius 3 is 2.54 bits per heavy atom. The first-order chi connectivity index (χ1) is 13.2. The Morgan fingerprint density at radius 1 is 1.14 bits per heavy atom. The Kier molecular flexibility index (Phi) is 7.33. The summed E-state index contributed by atoms with van der Waals surface area (Å²) < 4.78 is 55.2. The molecule has 2 rings (SSSR count). The molecule has 28 heavy (non-hydrogen) atoms. The minimum atomic E-state index is -3.46. The third-order valence-electron chi connectivity index (χ3n) is 3.80. The molecule has 6 nitrogen and oxygen atoms in total. The van der Waals surface area contributed by atoms with Crippen LogP contribution in [0.5, 0.6) is 5.75 Å². The fourth-order valence-electron chi connectivity index (χ4n) is 2.55. The van der Waals surface area contributed by atoms with E-state index < -0.39 is 28.6 Å². The van der Waals surface area contributed by atoms with Gasteiger partial charge in [0.15, 0.2) is 0 Å². The lowest BCUT2D eigenvalue weighted by Gasteiger charge is -2.16. The largest absolute Gasteiger partial charge is 0.435 e. The fourth-order valence-corrected chi connectivity index (χ4v) is 3.67. The number of hydrogen-bond donors (Lipinski definition) is 2. The second kappa shape index (κ2) is 9.50. The van der Waals surface area contributed by atoms with Gasteiger partial charge in [-0.15, -0.1) is 0 Å². The van der Waals surface area contributed by atoms with Crippen LogP contribution in [0.2, 0.25) is 0 Å². The van der Waals surface area contributed by atoms with E-state index in [-0.39, 0.29) is 17.1 Å². The van der Waals surface area contributed by atoms with Crippen molar-refractivity contribution >= 4 is 21.6 Å². The fraction of sp³-hybridized carbons (Fsp3) is 0.316. The van der Waals surface area contributed by atoms with Crippen molar-refractivity contribution in [2.45, 2.75) is 32.9 Å². The molecule has 0 aliphatic heterocycles. The van der Waals surface area contributed by atoms with E-state index in [9.17, 15) is 22.0 Å². The predicted octanol–water partition coefficient (Wildman–Crippen LogP) is 3.93. The van der Waals surface area contributed by atoms with Gasteiger partial charge >= 0.3 is 6.61 Å². The molecule has 0 fully saturated rings. The van der Waals surface area contributed by atoms with E-state index >= 15 is 0 Å². The van der Waals surface area contributed by atoms with Crippen LogP contribution in [-0.4, -0.2) is 26.7 Å². The molecule has 0 spiro atoms. The Morgan fingerprint density at radius 2 is 1.86 bits per heavy atom. The first kappa shape index (κ1) is 21.6. The minimum Gasteiger partial charge on any atom is -0.435 e. The highest BCUT2D eigenvalue weighted by Crippen LogP contribution is 2.21. The van der Waals surface area contributed by atoms with Crippen molar-refractivity contribution in [1.82, 2.24) is 5.32 Å². The molecule has 0 saturated heterocycles. The molecule has 1 unspecified atom stereocenters. The molecule has 9 heteroatoms. The molecule has 0 aromatic heterocycles. The van der Waals surface area contributed by atoms with E-state index in [4.69, 9.17) is 0 Å². The van der Waals surface area contributed by atoms with Crippen LogP contribution in [0.25, 0.3) is 0 Å². The quantitative estimate of drug-likeness (QED) is 0.654. The van der Waals surface area contributed by atoms with E-state index in [1.165, 1.54) is 18.2 Å². The number of carbonyl (C=O) groups is 1. The van der Waals surface area contributed by atoms with Gasteiger partial charge in [0.05, 0.1) is 11.8 Å². The summed E-state index contributed by atoms with van der Waals surface area (Å²) in [5.41, 5.74) is 1.15. The highest BCUT2D eigenvalue weighted by Gasteiger charge is 2.15. The average Bonchev–Trinajstić information content (AvgIpc) is 2.61. The van der Waals surface area contributed by atoms with E-state index in [2.05, 4.69) is 14.8 Å². The predicted molar refractivity (Wildman–Crippen MR) is 103 cm³/mol. The molecular formula is C19H22F2N2O4S. The Hall–Kier alpha value is -2.68. The number of hydrogen-bond acceptors (Lipinski definition) is 4. The molecule has 0 saturated carbocycles. The maximum absolute atomic E-state index is 12.5. The normalized spacial score (nSPS) is 12.5. The highest BCUT2D eigenvalue weighted by atomic mass is 32.2. The monoisotopic (exact) mass is 412 g/mol. The second-order valence-corrected chi connectivity index (χ2v) is 7.99. The molecule has 2 N–H and O–H groups in total. The van der Waals surface area contributed by atoms with Crippen molar-refractivity contribution in [1.29, 1.82) is 0 Å². The first-order valence-electron chi connectivity index (χ1n) is 8.66. The van der Waals surface area contributed by atoms with Crippen LogP contribution in [0, 0.1) is 0 Å². The zero-order valence-electron chi connectivity index (χ0n) is 15.5. The molecule has 1 atom stereocenters. The van der Waals surface area contributed by atoms with Gasteiger partial charge in [0.2, 0.25) is 10.0 Å². The number of sulfonamides is 1. The maximum atomic E-state index is 12.5. The van der Waals surface area contributed by atoms with Gasteiger partial charge in [-0.2, -0.15) is 8.78 Å². The van der Waals surface area contributed by atoms with Crippen molar-refractivity contribution in [2.24, 2.45) is 0 Å². The van der Waals surface area contributed by atoms with Crippen LogP contribution in [0.15, 0.2) is 48.5 Å². The zero-order chi connectivity index (χ0) is 20.7. The topological polar surface area (TPSA) is 84.5 Å². The zero-order valence-corrected chi connectivity index (χ0v) is 16.3. The Balaban J connectivity index is 2.09. The first-order valence-corrected chi connectivity index (χ1v) is 10.3. The molecule has 1 amide bonds. The van der Waals surface area contributed by atoms with Gasteiger partial charge in [-0.25, -0.2) is 8.42 Å². The van der Waals surface area contributed by atoms with Crippen molar-refractivity contribution in [3.8, 4) is 5.75 Å². The minimum absolute atomic E-state index is 0.000858. The molecule has 2 aromatic carbocycles. The van der Waals surface area contributed by atoms with Gasteiger partial charge in [0, 0.05) is 11.3 Å². The lowest BCUT2D eigenvalue weighted by atomic mass is 10.1. The van der Waals surface area contributed by atoms with Gasteiger partial charge in [0.25, 0.3) is 5.91 Å². The molecule has 152 valence electrons. The number of nitrogens with one attached hydrogen (secondary N) is 2. The Bertz CT molecular complexity index is 920. The summed E-state index contributed by atoms with van der Waals surface area (Å²) in [6.45, 7) is 0.526. The van der Waals surface area contributed by atoms with Gasteiger partial charge < -0.3 is 10.1 Å². The highest BCUT2D eigenvalue weighted by molar-refractivity contribution is 7.92. The van der Waals surface area contributed by atoms with Crippen LogP contribution < -0.4 is 14.8 Å². The number of ether oxygens (including phenoxy) is 1. The number of anilines is 1. The molecule has 0 heterocycles. The molecule has 0 aliphatic carbocycles. The van der Waals surface area contributed by atoms with Crippen molar-refractivity contribution in [3.05, 3.63) is 59.7 Å². The summed E-state index contributed by atoms with van der Waals surface area (Å²) in [5, 5.41) is 2.75.